The van der Waals surface area contributed by atoms with Crippen LogP contribution in [-0.4, -0.2) is 31.1 Å². The van der Waals surface area contributed by atoms with E-state index in [1.165, 1.54) is 0 Å². The average Bonchev–Trinajstić information content (AvgIpc) is 2.56. The van der Waals surface area contributed by atoms with Gasteiger partial charge in [-0.2, -0.15) is 0 Å². The highest BCUT2D eigenvalue weighted by Crippen LogP contribution is 2.19. The Bertz CT molecular complexity index is 484. The number of benzene rings is 1. The lowest BCUT2D eigenvalue weighted by Crippen LogP contribution is -2.25. The quantitative estimate of drug-likeness (QED) is 0.628. The molecule has 0 saturated heterocycles. The van der Waals surface area contributed by atoms with Crippen molar-refractivity contribution in [3.63, 3.8) is 0 Å². The summed E-state index contributed by atoms with van der Waals surface area (Å²) in [6.07, 6.45) is 6.46. The van der Waals surface area contributed by atoms with Gasteiger partial charge in [0.15, 0.2) is 0 Å². The van der Waals surface area contributed by atoms with Crippen molar-refractivity contribution in [1.29, 1.82) is 0 Å². The number of carboxylic acids is 1. The molecular formula is C18H27NO4. The van der Waals surface area contributed by atoms with Crippen molar-refractivity contribution in [3.8, 4) is 5.75 Å². The maximum Gasteiger partial charge on any atom is 0.303 e. The lowest BCUT2D eigenvalue weighted by atomic mass is 10.1. The number of methoxy groups -OCH3 is 1. The van der Waals surface area contributed by atoms with Gasteiger partial charge in [0, 0.05) is 25.6 Å². The summed E-state index contributed by atoms with van der Waals surface area (Å²) < 4.78 is 5.11. The zero-order valence-corrected chi connectivity index (χ0v) is 14.1. The van der Waals surface area contributed by atoms with Crippen LogP contribution in [0, 0.1) is 0 Å². The SMILES string of the molecule is COc1ccc(N(C)C(=O)CCCCCCCCC(=O)O)cc1. The molecule has 0 aliphatic carbocycles. The lowest BCUT2D eigenvalue weighted by molar-refractivity contribution is -0.137. The number of rotatable bonds is 11. The molecule has 5 nitrogen and oxygen atoms in total. The Balaban J connectivity index is 2.16. The molecule has 1 N–H and O–H groups in total. The summed E-state index contributed by atoms with van der Waals surface area (Å²) in [5, 5.41) is 8.54. The molecule has 1 aromatic rings. The number of carbonyl (C=O) groups excluding carboxylic acids is 1. The highest BCUT2D eigenvalue weighted by atomic mass is 16.5. The van der Waals surface area contributed by atoms with Crippen LogP contribution in [0.2, 0.25) is 0 Å². The van der Waals surface area contributed by atoms with Gasteiger partial charge in [0.05, 0.1) is 7.11 Å². The molecule has 0 radical (unpaired) electrons. The zero-order chi connectivity index (χ0) is 17.1. The van der Waals surface area contributed by atoms with E-state index in [0.717, 1.165) is 50.0 Å². The maximum atomic E-state index is 12.1. The van der Waals surface area contributed by atoms with Gasteiger partial charge in [-0.3, -0.25) is 9.59 Å². The molecule has 0 fully saturated rings. The fourth-order valence-corrected chi connectivity index (χ4v) is 2.38. The first kappa shape index (κ1) is 19.0. The van der Waals surface area contributed by atoms with Gasteiger partial charge < -0.3 is 14.7 Å². The van der Waals surface area contributed by atoms with Crippen LogP contribution in [0.3, 0.4) is 0 Å². The Morgan fingerprint density at radius 3 is 2.00 bits per heavy atom. The first-order valence-corrected chi connectivity index (χ1v) is 8.17. The van der Waals surface area contributed by atoms with Crippen molar-refractivity contribution < 1.29 is 19.4 Å². The van der Waals surface area contributed by atoms with Gasteiger partial charge in [-0.05, 0) is 37.1 Å². The summed E-state index contributed by atoms with van der Waals surface area (Å²) >= 11 is 0. The van der Waals surface area contributed by atoms with Crippen LogP contribution < -0.4 is 9.64 Å². The Morgan fingerprint density at radius 2 is 1.48 bits per heavy atom. The number of carboxylic acid groups (broad SMARTS) is 1. The monoisotopic (exact) mass is 321 g/mol. The van der Waals surface area contributed by atoms with E-state index in [0.29, 0.717) is 6.42 Å². The summed E-state index contributed by atoms with van der Waals surface area (Å²) in [6, 6.07) is 7.44. The predicted molar refractivity (Wildman–Crippen MR) is 91.0 cm³/mol. The van der Waals surface area contributed by atoms with Crippen molar-refractivity contribution in [3.05, 3.63) is 24.3 Å². The molecule has 0 heterocycles. The molecular weight excluding hydrogens is 294 g/mol. The lowest BCUT2D eigenvalue weighted by Gasteiger charge is -2.17. The fourth-order valence-electron chi connectivity index (χ4n) is 2.38. The second kappa shape index (κ2) is 10.6. The zero-order valence-electron chi connectivity index (χ0n) is 14.1. The molecule has 1 amide bonds. The molecule has 5 heteroatoms. The molecule has 1 rings (SSSR count). The van der Waals surface area contributed by atoms with Crippen LogP contribution in [0.5, 0.6) is 5.75 Å². The third kappa shape index (κ3) is 7.68. The number of amides is 1. The molecule has 1 aromatic carbocycles. The van der Waals surface area contributed by atoms with Crippen molar-refractivity contribution in [2.45, 2.75) is 51.4 Å². The number of unbranched alkanes of at least 4 members (excludes halogenated alkanes) is 5. The van der Waals surface area contributed by atoms with Crippen molar-refractivity contribution >= 4 is 17.6 Å². The summed E-state index contributed by atoms with van der Waals surface area (Å²) in [5.74, 6) is 0.163. The van der Waals surface area contributed by atoms with Crippen molar-refractivity contribution in [2.75, 3.05) is 19.1 Å². The average molecular weight is 321 g/mol. The smallest absolute Gasteiger partial charge is 0.303 e. The Kier molecular flexibility index (Phi) is 8.80. The van der Waals surface area contributed by atoms with Crippen molar-refractivity contribution in [1.82, 2.24) is 0 Å². The Morgan fingerprint density at radius 1 is 0.957 bits per heavy atom. The van der Waals surface area contributed by atoms with Gasteiger partial charge in [0.2, 0.25) is 5.91 Å². The van der Waals surface area contributed by atoms with Crippen LogP contribution in [0.1, 0.15) is 51.4 Å². The van der Waals surface area contributed by atoms with Crippen molar-refractivity contribution in [2.24, 2.45) is 0 Å². The van der Waals surface area contributed by atoms with E-state index in [9.17, 15) is 9.59 Å². The normalized spacial score (nSPS) is 10.3. The van der Waals surface area contributed by atoms with Gasteiger partial charge in [-0.25, -0.2) is 0 Å². The van der Waals surface area contributed by atoms with Crippen LogP contribution in [-0.2, 0) is 9.59 Å². The number of ether oxygens (including phenoxy) is 1. The second-order valence-corrected chi connectivity index (χ2v) is 5.67. The minimum Gasteiger partial charge on any atom is -0.497 e. The molecule has 0 aliphatic heterocycles. The second-order valence-electron chi connectivity index (χ2n) is 5.67. The van der Waals surface area contributed by atoms with Crippen LogP contribution in [0.25, 0.3) is 0 Å². The molecule has 0 spiro atoms. The van der Waals surface area contributed by atoms with Crippen LogP contribution in [0.4, 0.5) is 5.69 Å². The van der Waals surface area contributed by atoms with Gasteiger partial charge in [-0.1, -0.05) is 25.7 Å². The minimum absolute atomic E-state index is 0.112. The molecule has 0 atom stereocenters. The highest BCUT2D eigenvalue weighted by molar-refractivity contribution is 5.92. The molecule has 0 aromatic heterocycles. The van der Waals surface area contributed by atoms with E-state index in [4.69, 9.17) is 9.84 Å². The predicted octanol–water partition coefficient (Wildman–Crippen LogP) is 3.86. The number of nitrogens with zero attached hydrogens (tertiary/aromatic N) is 1. The largest absolute Gasteiger partial charge is 0.497 e. The number of aliphatic carboxylic acids is 1. The van der Waals surface area contributed by atoms with E-state index in [-0.39, 0.29) is 12.3 Å². The van der Waals surface area contributed by atoms with Gasteiger partial charge in [-0.15, -0.1) is 0 Å². The standard InChI is InChI=1S/C18H27NO4/c1-19(15-11-13-16(23-2)14-12-15)17(20)9-7-5-3-4-6-8-10-18(21)22/h11-14H,3-10H2,1-2H3,(H,21,22). The molecule has 0 saturated carbocycles. The van der Waals surface area contributed by atoms with E-state index in [1.54, 1.807) is 19.1 Å². The third-order valence-electron chi connectivity index (χ3n) is 3.87. The number of carbonyl (C=O) groups is 2. The first-order valence-electron chi connectivity index (χ1n) is 8.17. The molecule has 0 bridgehead atoms. The van der Waals surface area contributed by atoms with Gasteiger partial charge >= 0.3 is 5.97 Å². The summed E-state index contributed by atoms with van der Waals surface area (Å²) in [7, 11) is 3.40. The van der Waals surface area contributed by atoms with E-state index >= 15 is 0 Å². The summed E-state index contributed by atoms with van der Waals surface area (Å²) in [5.41, 5.74) is 0.865. The summed E-state index contributed by atoms with van der Waals surface area (Å²) in [4.78, 5) is 24.2. The van der Waals surface area contributed by atoms with E-state index in [2.05, 4.69) is 0 Å². The topological polar surface area (TPSA) is 66.8 Å². The summed E-state index contributed by atoms with van der Waals surface area (Å²) in [6.45, 7) is 0. The molecule has 23 heavy (non-hydrogen) atoms. The molecule has 128 valence electrons. The number of hydrogen-bond acceptors (Lipinski definition) is 3. The molecule has 0 unspecified atom stereocenters. The maximum absolute atomic E-state index is 12.1. The van der Waals surface area contributed by atoms with E-state index < -0.39 is 5.97 Å². The van der Waals surface area contributed by atoms with Gasteiger partial charge in [0.1, 0.15) is 5.75 Å². The van der Waals surface area contributed by atoms with Crippen LogP contribution in [0.15, 0.2) is 24.3 Å². The minimum atomic E-state index is -0.725. The van der Waals surface area contributed by atoms with E-state index in [1.807, 2.05) is 24.3 Å². The van der Waals surface area contributed by atoms with Gasteiger partial charge in [0.25, 0.3) is 0 Å². The highest BCUT2D eigenvalue weighted by Gasteiger charge is 2.10. The number of hydrogen-bond donors (Lipinski definition) is 1. The fraction of sp³-hybridized carbons (Fsp3) is 0.556. The Hall–Kier alpha value is -2.04. The Labute approximate surface area is 138 Å². The molecule has 0 aliphatic rings. The van der Waals surface area contributed by atoms with Crippen LogP contribution >= 0.6 is 0 Å². The third-order valence-corrected chi connectivity index (χ3v) is 3.87. The number of anilines is 1. The first-order chi connectivity index (χ1) is 11.0.